The van der Waals surface area contributed by atoms with Crippen LogP contribution in [0.25, 0.3) is 0 Å². The summed E-state index contributed by atoms with van der Waals surface area (Å²) in [6.45, 7) is 5.62. The number of fused-ring (bicyclic) bond motifs is 1. The number of piperidine rings is 1. The maximum Gasteiger partial charge on any atom is 0.306 e. The molecule has 22 heavy (non-hydrogen) atoms. The molecule has 5 nitrogen and oxygen atoms in total. The monoisotopic (exact) mass is 305 g/mol. The standard InChI is InChI=1S/C17H23NO4/c1-2-20-17(19)10-13-5-7-18(8-6-13)11-14-3-4-15-16(9-14)22-12-21-15/h3-4,9,13H,2,5-8,10-12H2,1H3. The average Bonchev–Trinajstić information content (AvgIpc) is 2.97. The zero-order valence-electron chi connectivity index (χ0n) is 13.0. The Labute approximate surface area is 131 Å². The molecule has 0 N–H and O–H groups in total. The van der Waals surface area contributed by atoms with Gasteiger partial charge in [-0.1, -0.05) is 6.07 Å². The van der Waals surface area contributed by atoms with Gasteiger partial charge in [-0.25, -0.2) is 0 Å². The molecule has 120 valence electrons. The first-order chi connectivity index (χ1) is 10.7. The second kappa shape index (κ2) is 7.01. The van der Waals surface area contributed by atoms with Crippen LogP contribution < -0.4 is 9.47 Å². The first kappa shape index (κ1) is 15.2. The van der Waals surface area contributed by atoms with Crippen LogP contribution >= 0.6 is 0 Å². The number of likely N-dealkylation sites (tertiary alicyclic amines) is 1. The van der Waals surface area contributed by atoms with Crippen molar-refractivity contribution in [1.82, 2.24) is 4.90 Å². The summed E-state index contributed by atoms with van der Waals surface area (Å²) in [6.07, 6.45) is 2.68. The summed E-state index contributed by atoms with van der Waals surface area (Å²) >= 11 is 0. The zero-order chi connectivity index (χ0) is 15.4. The Kier molecular flexibility index (Phi) is 4.83. The fourth-order valence-corrected chi connectivity index (χ4v) is 3.10. The van der Waals surface area contributed by atoms with E-state index in [1.54, 1.807) is 0 Å². The smallest absolute Gasteiger partial charge is 0.306 e. The van der Waals surface area contributed by atoms with Gasteiger partial charge in [-0.05, 0) is 56.5 Å². The van der Waals surface area contributed by atoms with E-state index in [9.17, 15) is 4.79 Å². The summed E-state index contributed by atoms with van der Waals surface area (Å²) in [7, 11) is 0. The van der Waals surface area contributed by atoms with Crippen molar-refractivity contribution >= 4 is 5.97 Å². The minimum absolute atomic E-state index is 0.0586. The van der Waals surface area contributed by atoms with Crippen molar-refractivity contribution in [3.63, 3.8) is 0 Å². The molecule has 0 unspecified atom stereocenters. The van der Waals surface area contributed by atoms with Gasteiger partial charge in [0.05, 0.1) is 6.61 Å². The highest BCUT2D eigenvalue weighted by Gasteiger charge is 2.22. The highest BCUT2D eigenvalue weighted by atomic mass is 16.7. The normalized spacial score (nSPS) is 18.4. The molecule has 2 aliphatic heterocycles. The van der Waals surface area contributed by atoms with Gasteiger partial charge in [-0.2, -0.15) is 0 Å². The van der Waals surface area contributed by atoms with Gasteiger partial charge in [-0.3, -0.25) is 9.69 Å². The minimum atomic E-state index is -0.0586. The molecule has 0 saturated carbocycles. The van der Waals surface area contributed by atoms with Crippen LogP contribution in [0.5, 0.6) is 11.5 Å². The van der Waals surface area contributed by atoms with E-state index in [-0.39, 0.29) is 5.97 Å². The van der Waals surface area contributed by atoms with Gasteiger partial charge in [0.15, 0.2) is 11.5 Å². The molecule has 2 heterocycles. The van der Waals surface area contributed by atoms with Gasteiger partial charge >= 0.3 is 5.97 Å². The lowest BCUT2D eigenvalue weighted by molar-refractivity contribution is -0.144. The lowest BCUT2D eigenvalue weighted by atomic mass is 9.93. The number of benzene rings is 1. The molecule has 0 radical (unpaired) electrons. The Morgan fingerprint density at radius 2 is 2.05 bits per heavy atom. The minimum Gasteiger partial charge on any atom is -0.466 e. The zero-order valence-corrected chi connectivity index (χ0v) is 13.0. The van der Waals surface area contributed by atoms with Crippen LogP contribution in [-0.2, 0) is 16.1 Å². The Morgan fingerprint density at radius 1 is 1.27 bits per heavy atom. The van der Waals surface area contributed by atoms with Crippen molar-refractivity contribution in [1.29, 1.82) is 0 Å². The van der Waals surface area contributed by atoms with Gasteiger partial charge in [0.25, 0.3) is 0 Å². The molecule has 1 aromatic carbocycles. The second-order valence-electron chi connectivity index (χ2n) is 5.92. The number of carbonyl (C=O) groups excluding carboxylic acids is 1. The van der Waals surface area contributed by atoms with Crippen LogP contribution in [0.2, 0.25) is 0 Å². The molecule has 0 aromatic heterocycles. The quantitative estimate of drug-likeness (QED) is 0.783. The predicted molar refractivity (Wildman–Crippen MR) is 81.8 cm³/mol. The Bertz CT molecular complexity index is 523. The lowest BCUT2D eigenvalue weighted by Crippen LogP contribution is -2.34. The van der Waals surface area contributed by atoms with Gasteiger partial charge in [0.1, 0.15) is 0 Å². The Morgan fingerprint density at radius 3 is 2.82 bits per heavy atom. The van der Waals surface area contributed by atoms with E-state index in [2.05, 4.69) is 17.0 Å². The molecule has 3 rings (SSSR count). The molecule has 0 atom stereocenters. The van der Waals surface area contributed by atoms with E-state index in [0.29, 0.717) is 25.7 Å². The van der Waals surface area contributed by atoms with Crippen molar-refractivity contribution in [3.8, 4) is 11.5 Å². The summed E-state index contributed by atoms with van der Waals surface area (Å²) < 4.78 is 15.8. The fraction of sp³-hybridized carbons (Fsp3) is 0.588. The van der Waals surface area contributed by atoms with Crippen molar-refractivity contribution in [3.05, 3.63) is 23.8 Å². The highest BCUT2D eigenvalue weighted by Crippen LogP contribution is 2.33. The molecule has 0 bridgehead atoms. The van der Waals surface area contributed by atoms with Crippen molar-refractivity contribution in [2.24, 2.45) is 5.92 Å². The summed E-state index contributed by atoms with van der Waals surface area (Å²) in [5.74, 6) is 2.08. The van der Waals surface area contributed by atoms with E-state index >= 15 is 0 Å². The van der Waals surface area contributed by atoms with E-state index < -0.39 is 0 Å². The first-order valence-electron chi connectivity index (χ1n) is 8.01. The molecule has 0 aliphatic carbocycles. The van der Waals surface area contributed by atoms with Crippen molar-refractivity contribution in [2.75, 3.05) is 26.5 Å². The molecule has 5 heteroatoms. The SMILES string of the molecule is CCOC(=O)CC1CCN(Cc2ccc3c(c2)OCO3)CC1. The average molecular weight is 305 g/mol. The number of ether oxygens (including phenoxy) is 3. The third-order valence-electron chi connectivity index (χ3n) is 4.31. The second-order valence-corrected chi connectivity index (χ2v) is 5.92. The highest BCUT2D eigenvalue weighted by molar-refractivity contribution is 5.69. The molecule has 0 amide bonds. The molecule has 0 spiro atoms. The molecule has 1 fully saturated rings. The summed E-state index contributed by atoms with van der Waals surface area (Å²) in [6, 6.07) is 6.14. The number of carbonyl (C=O) groups is 1. The van der Waals surface area contributed by atoms with Gasteiger partial charge in [-0.15, -0.1) is 0 Å². The largest absolute Gasteiger partial charge is 0.466 e. The maximum absolute atomic E-state index is 11.5. The molecule has 2 aliphatic rings. The van der Waals surface area contributed by atoms with E-state index in [1.165, 1.54) is 5.56 Å². The summed E-state index contributed by atoms with van der Waals surface area (Å²) in [5, 5.41) is 0. The van der Waals surface area contributed by atoms with Crippen LogP contribution in [-0.4, -0.2) is 37.4 Å². The van der Waals surface area contributed by atoms with E-state index in [4.69, 9.17) is 14.2 Å². The Hall–Kier alpha value is -1.75. The molecule has 1 aromatic rings. The number of hydrogen-bond acceptors (Lipinski definition) is 5. The van der Waals surface area contributed by atoms with Crippen LogP contribution in [0.3, 0.4) is 0 Å². The molecular weight excluding hydrogens is 282 g/mol. The van der Waals surface area contributed by atoms with Crippen molar-refractivity contribution in [2.45, 2.75) is 32.7 Å². The van der Waals surface area contributed by atoms with Gasteiger partial charge < -0.3 is 14.2 Å². The lowest BCUT2D eigenvalue weighted by Gasteiger charge is -2.31. The fourth-order valence-electron chi connectivity index (χ4n) is 3.10. The summed E-state index contributed by atoms with van der Waals surface area (Å²) in [4.78, 5) is 14.0. The number of esters is 1. The number of hydrogen-bond donors (Lipinski definition) is 0. The van der Waals surface area contributed by atoms with Crippen LogP contribution in [0, 0.1) is 5.92 Å². The predicted octanol–water partition coefficient (Wildman–Crippen LogP) is 2.58. The van der Waals surface area contributed by atoms with E-state index in [0.717, 1.165) is 44.0 Å². The van der Waals surface area contributed by atoms with Gasteiger partial charge in [0, 0.05) is 13.0 Å². The van der Waals surface area contributed by atoms with Crippen LogP contribution in [0.15, 0.2) is 18.2 Å². The third kappa shape index (κ3) is 3.71. The molecular formula is C17H23NO4. The summed E-state index contributed by atoms with van der Waals surface area (Å²) in [5.41, 5.74) is 1.24. The van der Waals surface area contributed by atoms with Crippen LogP contribution in [0.1, 0.15) is 31.7 Å². The third-order valence-corrected chi connectivity index (χ3v) is 4.31. The maximum atomic E-state index is 11.5. The van der Waals surface area contributed by atoms with Crippen molar-refractivity contribution < 1.29 is 19.0 Å². The number of rotatable bonds is 5. The van der Waals surface area contributed by atoms with E-state index in [1.807, 2.05) is 13.0 Å². The van der Waals surface area contributed by atoms with Crippen LogP contribution in [0.4, 0.5) is 0 Å². The first-order valence-corrected chi connectivity index (χ1v) is 8.01. The molecule has 1 saturated heterocycles. The number of nitrogens with zero attached hydrogens (tertiary/aromatic N) is 1. The Balaban J connectivity index is 1.47. The topological polar surface area (TPSA) is 48.0 Å². The van der Waals surface area contributed by atoms with Gasteiger partial charge in [0.2, 0.25) is 6.79 Å².